The SMILES string of the molecule is NC(=S)NN=Cc1ccc(-c2ccc(C(F)(F)F)cn2)cc1. The smallest absolute Gasteiger partial charge is 0.375 e. The van der Waals surface area contributed by atoms with Crippen LogP contribution in [0.3, 0.4) is 0 Å². The molecule has 0 aliphatic carbocycles. The monoisotopic (exact) mass is 324 g/mol. The number of rotatable bonds is 3. The lowest BCUT2D eigenvalue weighted by Crippen LogP contribution is -2.23. The summed E-state index contributed by atoms with van der Waals surface area (Å²) in [7, 11) is 0. The molecule has 0 radical (unpaired) electrons. The second-order valence-electron chi connectivity index (χ2n) is 4.29. The van der Waals surface area contributed by atoms with Gasteiger partial charge in [0.25, 0.3) is 0 Å². The van der Waals surface area contributed by atoms with Crippen molar-refractivity contribution in [2.24, 2.45) is 10.8 Å². The molecule has 4 nitrogen and oxygen atoms in total. The molecule has 0 aliphatic heterocycles. The third kappa shape index (κ3) is 4.26. The molecule has 0 amide bonds. The third-order valence-corrected chi connectivity index (χ3v) is 2.78. The Morgan fingerprint density at radius 1 is 1.18 bits per heavy atom. The summed E-state index contributed by atoms with van der Waals surface area (Å²) in [6.07, 6.45) is -2.05. The summed E-state index contributed by atoms with van der Waals surface area (Å²) in [4.78, 5) is 3.83. The fourth-order valence-electron chi connectivity index (χ4n) is 1.64. The molecule has 0 bridgehead atoms. The van der Waals surface area contributed by atoms with Gasteiger partial charge in [-0.2, -0.15) is 18.3 Å². The number of pyridine rings is 1. The Morgan fingerprint density at radius 3 is 2.36 bits per heavy atom. The normalized spacial score (nSPS) is 11.6. The number of thiocarbonyl (C=S) groups is 1. The zero-order valence-electron chi connectivity index (χ0n) is 11.1. The van der Waals surface area contributed by atoms with Crippen LogP contribution < -0.4 is 11.2 Å². The number of halogens is 3. The quantitative estimate of drug-likeness (QED) is 0.518. The highest BCUT2D eigenvalue weighted by Gasteiger charge is 2.30. The van der Waals surface area contributed by atoms with Crippen LogP contribution in [0.15, 0.2) is 47.7 Å². The van der Waals surface area contributed by atoms with E-state index in [2.05, 4.69) is 27.7 Å². The van der Waals surface area contributed by atoms with Crippen molar-refractivity contribution in [1.29, 1.82) is 0 Å². The second kappa shape index (κ2) is 6.52. The first kappa shape index (κ1) is 15.9. The average molecular weight is 324 g/mol. The largest absolute Gasteiger partial charge is 0.417 e. The van der Waals surface area contributed by atoms with Gasteiger partial charge in [0.1, 0.15) is 0 Å². The van der Waals surface area contributed by atoms with Gasteiger partial charge in [0, 0.05) is 11.8 Å². The van der Waals surface area contributed by atoms with E-state index in [4.69, 9.17) is 5.73 Å². The van der Waals surface area contributed by atoms with Crippen LogP contribution in [0.1, 0.15) is 11.1 Å². The van der Waals surface area contributed by atoms with Gasteiger partial charge in [-0.05, 0) is 29.9 Å². The molecule has 0 spiro atoms. The number of nitrogens with one attached hydrogen (secondary N) is 1. The average Bonchev–Trinajstić information content (AvgIpc) is 2.47. The van der Waals surface area contributed by atoms with Crippen LogP contribution in [0.4, 0.5) is 13.2 Å². The number of hydrogen-bond acceptors (Lipinski definition) is 3. The third-order valence-electron chi connectivity index (χ3n) is 2.69. The maximum atomic E-state index is 12.5. The first-order valence-electron chi connectivity index (χ1n) is 6.08. The molecule has 2 aromatic rings. The van der Waals surface area contributed by atoms with Gasteiger partial charge < -0.3 is 5.73 Å². The number of alkyl halides is 3. The Hall–Kier alpha value is -2.48. The maximum Gasteiger partial charge on any atom is 0.417 e. The lowest BCUT2D eigenvalue weighted by molar-refractivity contribution is -0.137. The molecule has 0 atom stereocenters. The van der Waals surface area contributed by atoms with E-state index in [1.165, 1.54) is 12.3 Å². The van der Waals surface area contributed by atoms with E-state index in [1.54, 1.807) is 24.3 Å². The molecule has 0 aliphatic rings. The van der Waals surface area contributed by atoms with Crippen molar-refractivity contribution in [3.63, 3.8) is 0 Å². The number of aromatic nitrogens is 1. The van der Waals surface area contributed by atoms with Crippen molar-refractivity contribution in [1.82, 2.24) is 10.4 Å². The van der Waals surface area contributed by atoms with Crippen molar-refractivity contribution in [2.75, 3.05) is 0 Å². The standard InChI is InChI=1S/C14H11F3N4S/c15-14(16,17)11-5-6-12(19-8-11)10-3-1-9(2-4-10)7-20-21-13(18)22/h1-8H,(H3,18,21,22). The van der Waals surface area contributed by atoms with Crippen LogP contribution in [-0.4, -0.2) is 16.3 Å². The summed E-state index contributed by atoms with van der Waals surface area (Å²) in [5.74, 6) is 0. The summed E-state index contributed by atoms with van der Waals surface area (Å²) in [6, 6.07) is 9.30. The van der Waals surface area contributed by atoms with Crippen molar-refractivity contribution in [3.8, 4) is 11.3 Å². The number of hydrazone groups is 1. The van der Waals surface area contributed by atoms with E-state index in [-0.39, 0.29) is 5.11 Å². The molecule has 2 rings (SSSR count). The second-order valence-corrected chi connectivity index (χ2v) is 4.73. The number of hydrogen-bond donors (Lipinski definition) is 2. The van der Waals surface area contributed by atoms with Gasteiger partial charge in [-0.25, -0.2) is 0 Å². The highest BCUT2D eigenvalue weighted by Crippen LogP contribution is 2.29. The molecule has 1 aromatic carbocycles. The number of nitrogens with two attached hydrogens (primary N) is 1. The van der Waals surface area contributed by atoms with Crippen LogP contribution in [0, 0.1) is 0 Å². The molecule has 1 aromatic heterocycles. The van der Waals surface area contributed by atoms with Crippen LogP contribution in [0.2, 0.25) is 0 Å². The minimum absolute atomic E-state index is 0.0572. The van der Waals surface area contributed by atoms with Gasteiger partial charge in [-0.3, -0.25) is 10.4 Å². The lowest BCUT2D eigenvalue weighted by atomic mass is 10.1. The van der Waals surface area contributed by atoms with E-state index in [1.807, 2.05) is 0 Å². The summed E-state index contributed by atoms with van der Waals surface area (Å²) in [6.45, 7) is 0. The molecule has 0 saturated heterocycles. The van der Waals surface area contributed by atoms with Gasteiger partial charge in [0.15, 0.2) is 5.11 Å². The van der Waals surface area contributed by atoms with Crippen LogP contribution >= 0.6 is 12.2 Å². The number of nitrogens with zero attached hydrogens (tertiary/aromatic N) is 2. The van der Waals surface area contributed by atoms with Crippen molar-refractivity contribution in [3.05, 3.63) is 53.7 Å². The summed E-state index contributed by atoms with van der Waals surface area (Å²) < 4.78 is 37.4. The summed E-state index contributed by atoms with van der Waals surface area (Å²) in [5, 5.41) is 3.86. The van der Waals surface area contributed by atoms with E-state index < -0.39 is 11.7 Å². The Labute approximate surface area is 129 Å². The van der Waals surface area contributed by atoms with E-state index >= 15 is 0 Å². The highest BCUT2D eigenvalue weighted by molar-refractivity contribution is 7.80. The Morgan fingerprint density at radius 2 is 1.86 bits per heavy atom. The van der Waals surface area contributed by atoms with Gasteiger partial charge in [0.2, 0.25) is 0 Å². The summed E-state index contributed by atoms with van der Waals surface area (Å²) >= 11 is 4.60. The van der Waals surface area contributed by atoms with Gasteiger partial charge in [0.05, 0.1) is 17.5 Å². The van der Waals surface area contributed by atoms with Gasteiger partial charge >= 0.3 is 6.18 Å². The topological polar surface area (TPSA) is 63.3 Å². The zero-order valence-corrected chi connectivity index (χ0v) is 11.9. The predicted octanol–water partition coefficient (Wildman–Crippen LogP) is 2.93. The Balaban J connectivity index is 2.13. The fraction of sp³-hybridized carbons (Fsp3) is 0.0714. The molecule has 1 heterocycles. The van der Waals surface area contributed by atoms with Gasteiger partial charge in [-0.1, -0.05) is 24.3 Å². The van der Waals surface area contributed by atoms with Crippen LogP contribution in [-0.2, 0) is 6.18 Å². The summed E-state index contributed by atoms with van der Waals surface area (Å²) in [5.41, 5.74) is 8.80. The first-order chi connectivity index (χ1) is 10.4. The maximum absolute atomic E-state index is 12.5. The molecule has 0 unspecified atom stereocenters. The van der Waals surface area contributed by atoms with Crippen LogP contribution in [0.5, 0.6) is 0 Å². The molecular formula is C14H11F3N4S. The van der Waals surface area contributed by atoms with Gasteiger partial charge in [-0.15, -0.1) is 0 Å². The molecule has 22 heavy (non-hydrogen) atoms. The lowest BCUT2D eigenvalue weighted by Gasteiger charge is -2.07. The fourth-order valence-corrected chi connectivity index (χ4v) is 1.70. The minimum atomic E-state index is -4.39. The Bertz CT molecular complexity index is 679. The number of benzene rings is 1. The molecule has 3 N–H and O–H groups in total. The Kier molecular flexibility index (Phi) is 4.71. The molecule has 8 heteroatoms. The van der Waals surface area contributed by atoms with E-state index in [0.717, 1.165) is 17.8 Å². The molecule has 0 saturated carbocycles. The highest BCUT2D eigenvalue weighted by atomic mass is 32.1. The molecular weight excluding hydrogens is 313 g/mol. The minimum Gasteiger partial charge on any atom is -0.375 e. The van der Waals surface area contributed by atoms with Crippen molar-refractivity contribution >= 4 is 23.5 Å². The first-order valence-corrected chi connectivity index (χ1v) is 6.49. The zero-order chi connectivity index (χ0) is 16.2. The van der Waals surface area contributed by atoms with Crippen molar-refractivity contribution in [2.45, 2.75) is 6.18 Å². The van der Waals surface area contributed by atoms with E-state index in [0.29, 0.717) is 11.3 Å². The van der Waals surface area contributed by atoms with E-state index in [9.17, 15) is 13.2 Å². The van der Waals surface area contributed by atoms with Crippen molar-refractivity contribution < 1.29 is 13.2 Å². The molecule has 114 valence electrons. The molecule has 0 fully saturated rings. The predicted molar refractivity (Wildman–Crippen MR) is 82.2 cm³/mol. The van der Waals surface area contributed by atoms with Crippen LogP contribution in [0.25, 0.3) is 11.3 Å².